The highest BCUT2D eigenvalue weighted by Crippen LogP contribution is 2.15. The van der Waals surface area contributed by atoms with Crippen LogP contribution in [0.5, 0.6) is 0 Å². The van der Waals surface area contributed by atoms with E-state index in [2.05, 4.69) is 0 Å². The lowest BCUT2D eigenvalue weighted by atomic mass is 10.3. The van der Waals surface area contributed by atoms with E-state index in [0.29, 0.717) is 0 Å². The number of halogens is 3. The van der Waals surface area contributed by atoms with E-state index in [1.807, 2.05) is 0 Å². The second-order valence-corrected chi connectivity index (χ2v) is 1.61. The van der Waals surface area contributed by atoms with Crippen LogP contribution in [0, 0.1) is 17.5 Å². The molecular weight excluding hydrogens is 143 g/mol. The van der Waals surface area contributed by atoms with Gasteiger partial charge in [0.1, 0.15) is 11.5 Å². The Morgan fingerprint density at radius 2 is 1.60 bits per heavy atom. The first-order valence-electron chi connectivity index (χ1n) is 3.36. The standard InChI is InChI=1S/C6H4F3N/c7-3-1-4(8)6(10)5(9)2-3/h1-2H,10H2/i1D,2D. The molecule has 0 saturated carbocycles. The maximum atomic E-state index is 12.6. The van der Waals surface area contributed by atoms with Gasteiger partial charge in [0, 0.05) is 12.1 Å². The summed E-state index contributed by atoms with van der Waals surface area (Å²) in [7, 11) is 0. The van der Waals surface area contributed by atoms with Gasteiger partial charge in [-0.15, -0.1) is 0 Å². The first kappa shape index (κ1) is 4.60. The van der Waals surface area contributed by atoms with Crippen LogP contribution in [0.15, 0.2) is 12.1 Å². The molecule has 0 saturated heterocycles. The lowest BCUT2D eigenvalue weighted by Gasteiger charge is -1.96. The molecule has 1 rings (SSSR count). The molecule has 0 aliphatic carbocycles. The van der Waals surface area contributed by atoms with Crippen molar-refractivity contribution in [2.45, 2.75) is 0 Å². The molecule has 0 atom stereocenters. The van der Waals surface area contributed by atoms with Crippen molar-refractivity contribution in [2.24, 2.45) is 0 Å². The van der Waals surface area contributed by atoms with E-state index in [1.54, 1.807) is 0 Å². The summed E-state index contributed by atoms with van der Waals surface area (Å²) < 4.78 is 51.0. The molecule has 4 heteroatoms. The van der Waals surface area contributed by atoms with Gasteiger partial charge in [0.25, 0.3) is 0 Å². The van der Waals surface area contributed by atoms with Crippen LogP contribution in [0.25, 0.3) is 0 Å². The van der Waals surface area contributed by atoms with E-state index in [4.69, 9.17) is 8.48 Å². The number of nitrogens with two attached hydrogens (primary N) is 1. The Morgan fingerprint density at radius 1 is 1.20 bits per heavy atom. The van der Waals surface area contributed by atoms with E-state index in [0.717, 1.165) is 0 Å². The van der Waals surface area contributed by atoms with E-state index in [9.17, 15) is 13.2 Å². The Hall–Kier alpha value is -1.19. The zero-order valence-electron chi connectivity index (χ0n) is 6.71. The Morgan fingerprint density at radius 3 is 2.00 bits per heavy atom. The van der Waals surface area contributed by atoms with Crippen LogP contribution in [0.2, 0.25) is 0 Å². The van der Waals surface area contributed by atoms with Crippen LogP contribution in [0.3, 0.4) is 0 Å². The molecule has 0 amide bonds. The number of nitrogen functional groups attached to an aromatic ring is 1. The second kappa shape index (κ2) is 2.21. The smallest absolute Gasteiger partial charge is 0.152 e. The molecule has 1 aromatic carbocycles. The van der Waals surface area contributed by atoms with Crippen molar-refractivity contribution in [1.29, 1.82) is 0 Å². The molecule has 0 radical (unpaired) electrons. The van der Waals surface area contributed by atoms with E-state index in [1.165, 1.54) is 0 Å². The molecule has 0 unspecified atom stereocenters. The summed E-state index contributed by atoms with van der Waals surface area (Å²) in [5, 5.41) is 0. The van der Waals surface area contributed by atoms with Gasteiger partial charge in [-0.2, -0.15) is 0 Å². The molecule has 10 heavy (non-hydrogen) atoms. The van der Waals surface area contributed by atoms with Gasteiger partial charge >= 0.3 is 0 Å². The van der Waals surface area contributed by atoms with Crippen molar-refractivity contribution in [2.75, 3.05) is 5.73 Å². The summed E-state index contributed by atoms with van der Waals surface area (Å²) in [6, 6.07) is -2.36. The lowest BCUT2D eigenvalue weighted by molar-refractivity contribution is 0.549. The SMILES string of the molecule is [2H]c1c(F)c([2H])c(F)c(N)c1F. The van der Waals surface area contributed by atoms with E-state index >= 15 is 0 Å². The third-order valence-electron chi connectivity index (χ3n) is 0.912. The molecule has 0 spiro atoms. The number of hydrogen-bond acceptors (Lipinski definition) is 1. The Labute approximate surface area is 58.1 Å². The molecule has 0 bridgehead atoms. The summed E-state index contributed by atoms with van der Waals surface area (Å²) in [5.41, 5.74) is 3.80. The van der Waals surface area contributed by atoms with Gasteiger partial charge in [0.2, 0.25) is 0 Å². The van der Waals surface area contributed by atoms with E-state index in [-0.39, 0.29) is 0 Å². The first-order valence-corrected chi connectivity index (χ1v) is 2.36. The fraction of sp³-hybridized carbons (Fsp3) is 0. The topological polar surface area (TPSA) is 26.0 Å². The predicted molar refractivity (Wildman–Crippen MR) is 30.7 cm³/mol. The predicted octanol–water partition coefficient (Wildman–Crippen LogP) is 1.69. The molecular formula is C6H4F3N. The van der Waals surface area contributed by atoms with Crippen molar-refractivity contribution in [3.05, 3.63) is 29.5 Å². The lowest BCUT2D eigenvalue weighted by Crippen LogP contribution is -1.95. The highest BCUT2D eigenvalue weighted by molar-refractivity contribution is 5.40. The maximum Gasteiger partial charge on any atom is 0.152 e. The molecule has 0 heterocycles. The summed E-state index contributed by atoms with van der Waals surface area (Å²) in [4.78, 5) is 0. The molecule has 1 nitrogen and oxygen atoms in total. The third-order valence-corrected chi connectivity index (χ3v) is 0.912. The van der Waals surface area contributed by atoms with Gasteiger partial charge < -0.3 is 5.73 Å². The molecule has 0 fully saturated rings. The van der Waals surface area contributed by atoms with Crippen LogP contribution in [0.1, 0.15) is 2.74 Å². The van der Waals surface area contributed by atoms with Gasteiger partial charge in [-0.1, -0.05) is 0 Å². The molecule has 2 N–H and O–H groups in total. The quantitative estimate of drug-likeness (QED) is 0.558. The largest absolute Gasteiger partial charge is 0.394 e. The molecule has 0 aliphatic heterocycles. The van der Waals surface area contributed by atoms with Crippen molar-refractivity contribution in [1.82, 2.24) is 0 Å². The zero-order valence-corrected chi connectivity index (χ0v) is 4.71. The van der Waals surface area contributed by atoms with Crippen molar-refractivity contribution in [3.63, 3.8) is 0 Å². The van der Waals surface area contributed by atoms with Crippen LogP contribution < -0.4 is 5.73 Å². The van der Waals surface area contributed by atoms with Gasteiger partial charge in [0.05, 0.1) is 2.74 Å². The fourth-order valence-corrected chi connectivity index (χ4v) is 0.455. The first-order chi connectivity index (χ1) is 5.46. The van der Waals surface area contributed by atoms with Crippen LogP contribution in [0.4, 0.5) is 18.9 Å². The summed E-state index contributed by atoms with van der Waals surface area (Å²) in [6.07, 6.45) is 0. The van der Waals surface area contributed by atoms with Gasteiger partial charge in [-0.25, -0.2) is 13.2 Å². The Bertz CT molecular complexity index is 235. The van der Waals surface area contributed by atoms with Crippen LogP contribution >= 0.6 is 0 Å². The van der Waals surface area contributed by atoms with Gasteiger partial charge in [0.15, 0.2) is 11.6 Å². The zero-order chi connectivity index (χ0) is 9.46. The van der Waals surface area contributed by atoms with Gasteiger partial charge in [-0.05, 0) is 0 Å². The van der Waals surface area contributed by atoms with Gasteiger partial charge in [-0.3, -0.25) is 0 Å². The Balaban J connectivity index is 3.60. The normalized spacial score (nSPS) is 12.7. The minimum Gasteiger partial charge on any atom is -0.394 e. The average Bonchev–Trinajstić information content (AvgIpc) is 2.08. The fourth-order valence-electron chi connectivity index (χ4n) is 0.455. The molecule has 1 aromatic rings. The monoisotopic (exact) mass is 149 g/mol. The summed E-state index contributed by atoms with van der Waals surface area (Å²) >= 11 is 0. The van der Waals surface area contributed by atoms with E-state index < -0.39 is 35.2 Å². The summed E-state index contributed by atoms with van der Waals surface area (Å²) in [5.74, 6) is -4.48. The highest BCUT2D eigenvalue weighted by atomic mass is 19.1. The van der Waals surface area contributed by atoms with Crippen LogP contribution in [-0.4, -0.2) is 0 Å². The highest BCUT2D eigenvalue weighted by Gasteiger charge is 2.06. The molecule has 54 valence electrons. The second-order valence-electron chi connectivity index (χ2n) is 1.61. The number of benzene rings is 1. The minimum absolute atomic E-state index is 0.994. The van der Waals surface area contributed by atoms with Crippen LogP contribution in [-0.2, 0) is 0 Å². The number of hydrogen-bond donors (Lipinski definition) is 1. The molecule has 0 aromatic heterocycles. The van der Waals surface area contributed by atoms with Crippen molar-refractivity contribution in [3.8, 4) is 0 Å². The summed E-state index contributed by atoms with van der Waals surface area (Å²) in [6.45, 7) is 0. The number of anilines is 1. The number of rotatable bonds is 0. The average molecular weight is 149 g/mol. The maximum absolute atomic E-state index is 12.6. The molecule has 0 aliphatic rings. The van der Waals surface area contributed by atoms with Crippen molar-refractivity contribution < 1.29 is 15.9 Å². The minimum atomic E-state index is -1.54. The van der Waals surface area contributed by atoms with Crippen molar-refractivity contribution >= 4 is 5.69 Å². The third kappa shape index (κ3) is 1.05. The Kier molecular flexibility index (Phi) is 1.02.